The average molecular weight is 279 g/mol. The van der Waals surface area contributed by atoms with Gasteiger partial charge in [0.25, 0.3) is 0 Å². The van der Waals surface area contributed by atoms with Gasteiger partial charge in [0.05, 0.1) is 21.3 Å². The van der Waals surface area contributed by atoms with E-state index < -0.39 is 0 Å². The van der Waals surface area contributed by atoms with E-state index in [4.69, 9.17) is 14.2 Å². The van der Waals surface area contributed by atoms with Gasteiger partial charge in [0.1, 0.15) is 0 Å². The molecule has 1 aliphatic carbocycles. The molecule has 4 nitrogen and oxygen atoms in total. The summed E-state index contributed by atoms with van der Waals surface area (Å²) in [5.41, 5.74) is 1.14. The summed E-state index contributed by atoms with van der Waals surface area (Å²) in [4.78, 5) is 0. The molecule has 1 fully saturated rings. The van der Waals surface area contributed by atoms with Gasteiger partial charge in [0, 0.05) is 6.54 Å². The van der Waals surface area contributed by atoms with Crippen LogP contribution in [-0.4, -0.2) is 27.9 Å². The topological polar surface area (TPSA) is 39.7 Å². The van der Waals surface area contributed by atoms with Crippen LogP contribution in [0.1, 0.15) is 25.3 Å². The molecule has 1 aromatic rings. The van der Waals surface area contributed by atoms with Crippen molar-refractivity contribution in [3.63, 3.8) is 0 Å². The van der Waals surface area contributed by atoms with Gasteiger partial charge >= 0.3 is 0 Å². The molecule has 1 unspecified atom stereocenters. The summed E-state index contributed by atoms with van der Waals surface area (Å²) in [7, 11) is 4.91. The molecular formula is C16H25NO3. The third-order valence-electron chi connectivity index (χ3n) is 3.95. The summed E-state index contributed by atoms with van der Waals surface area (Å²) in [5, 5.41) is 3.51. The first kappa shape index (κ1) is 15.0. The van der Waals surface area contributed by atoms with E-state index in [1.165, 1.54) is 12.8 Å². The lowest BCUT2D eigenvalue weighted by molar-refractivity contribution is 0.323. The molecule has 0 bridgehead atoms. The first-order valence-electron chi connectivity index (χ1n) is 7.19. The maximum atomic E-state index is 5.36. The van der Waals surface area contributed by atoms with E-state index in [-0.39, 0.29) is 0 Å². The van der Waals surface area contributed by atoms with Crippen LogP contribution < -0.4 is 19.5 Å². The Morgan fingerprint density at radius 3 is 2.15 bits per heavy atom. The molecule has 4 heteroatoms. The van der Waals surface area contributed by atoms with Crippen molar-refractivity contribution in [2.75, 3.05) is 27.9 Å². The predicted molar refractivity (Wildman–Crippen MR) is 79.7 cm³/mol. The monoisotopic (exact) mass is 279 g/mol. The van der Waals surface area contributed by atoms with Crippen LogP contribution in [0.5, 0.6) is 17.2 Å². The highest BCUT2D eigenvalue weighted by Gasteiger charge is 2.27. The molecule has 0 aliphatic heterocycles. The second kappa shape index (κ2) is 6.84. The zero-order chi connectivity index (χ0) is 14.5. The quantitative estimate of drug-likeness (QED) is 0.794. The Morgan fingerprint density at radius 2 is 1.70 bits per heavy atom. The SMILES string of the molecule is COc1cc(CNCC(C)C2CC2)cc(OC)c1OC. The Balaban J connectivity index is 1.99. The predicted octanol–water partition coefficient (Wildman–Crippen LogP) is 2.85. The molecule has 0 radical (unpaired) electrons. The van der Waals surface area contributed by atoms with Crippen molar-refractivity contribution in [2.24, 2.45) is 11.8 Å². The van der Waals surface area contributed by atoms with Crippen LogP contribution in [0.4, 0.5) is 0 Å². The summed E-state index contributed by atoms with van der Waals surface area (Å²) in [6, 6.07) is 3.99. The van der Waals surface area contributed by atoms with Crippen molar-refractivity contribution < 1.29 is 14.2 Å². The van der Waals surface area contributed by atoms with Gasteiger partial charge in [-0.25, -0.2) is 0 Å². The van der Waals surface area contributed by atoms with Gasteiger partial charge in [0.15, 0.2) is 11.5 Å². The van der Waals surface area contributed by atoms with Crippen LogP contribution >= 0.6 is 0 Å². The largest absolute Gasteiger partial charge is 0.493 e. The van der Waals surface area contributed by atoms with E-state index in [2.05, 4.69) is 12.2 Å². The Morgan fingerprint density at radius 1 is 1.10 bits per heavy atom. The van der Waals surface area contributed by atoms with E-state index in [9.17, 15) is 0 Å². The van der Waals surface area contributed by atoms with Crippen molar-refractivity contribution in [1.29, 1.82) is 0 Å². The maximum Gasteiger partial charge on any atom is 0.203 e. The lowest BCUT2D eigenvalue weighted by Crippen LogP contribution is -2.21. The van der Waals surface area contributed by atoms with Crippen LogP contribution in [-0.2, 0) is 6.54 Å². The van der Waals surface area contributed by atoms with Gasteiger partial charge in [-0.3, -0.25) is 0 Å². The van der Waals surface area contributed by atoms with E-state index in [0.29, 0.717) is 17.2 Å². The molecule has 0 aromatic heterocycles. The molecule has 1 atom stereocenters. The molecule has 1 saturated carbocycles. The van der Waals surface area contributed by atoms with E-state index >= 15 is 0 Å². The van der Waals surface area contributed by atoms with Crippen molar-refractivity contribution in [2.45, 2.75) is 26.3 Å². The number of hydrogen-bond donors (Lipinski definition) is 1. The molecule has 112 valence electrons. The molecule has 0 amide bonds. The van der Waals surface area contributed by atoms with Gasteiger partial charge in [-0.2, -0.15) is 0 Å². The fraction of sp³-hybridized carbons (Fsp3) is 0.625. The molecular weight excluding hydrogens is 254 g/mol. The maximum absolute atomic E-state index is 5.36. The zero-order valence-corrected chi connectivity index (χ0v) is 12.9. The van der Waals surface area contributed by atoms with E-state index in [1.807, 2.05) is 12.1 Å². The van der Waals surface area contributed by atoms with Crippen molar-refractivity contribution >= 4 is 0 Å². The fourth-order valence-electron chi connectivity index (χ4n) is 2.51. The normalized spacial score (nSPS) is 15.8. The molecule has 0 spiro atoms. The third kappa shape index (κ3) is 3.57. The Kier molecular flexibility index (Phi) is 5.12. The minimum atomic E-state index is 0.644. The Labute approximate surface area is 121 Å². The standard InChI is InChI=1S/C16H25NO3/c1-11(13-5-6-13)9-17-10-12-7-14(18-2)16(20-4)15(8-12)19-3/h7-8,11,13,17H,5-6,9-10H2,1-4H3. The van der Waals surface area contributed by atoms with Crippen LogP contribution in [0.25, 0.3) is 0 Å². The fourth-order valence-corrected chi connectivity index (χ4v) is 2.51. The van der Waals surface area contributed by atoms with Gasteiger partial charge in [-0.05, 0) is 48.9 Å². The zero-order valence-electron chi connectivity index (χ0n) is 12.9. The smallest absolute Gasteiger partial charge is 0.203 e. The average Bonchev–Trinajstić information content (AvgIpc) is 3.30. The highest BCUT2D eigenvalue weighted by atomic mass is 16.5. The number of benzene rings is 1. The molecule has 1 aliphatic rings. The molecule has 2 rings (SSSR count). The third-order valence-corrected chi connectivity index (χ3v) is 3.95. The summed E-state index contributed by atoms with van der Waals surface area (Å²) < 4.78 is 16.0. The highest BCUT2D eigenvalue weighted by molar-refractivity contribution is 5.53. The van der Waals surface area contributed by atoms with Gasteiger partial charge in [-0.1, -0.05) is 6.92 Å². The molecule has 20 heavy (non-hydrogen) atoms. The van der Waals surface area contributed by atoms with Crippen LogP contribution in [0.2, 0.25) is 0 Å². The molecule has 0 heterocycles. The van der Waals surface area contributed by atoms with E-state index in [0.717, 1.165) is 30.5 Å². The summed E-state index contributed by atoms with van der Waals surface area (Å²) >= 11 is 0. The number of rotatable bonds is 8. The number of nitrogens with one attached hydrogen (secondary N) is 1. The summed E-state index contributed by atoms with van der Waals surface area (Å²) in [6.07, 6.45) is 2.79. The first-order valence-corrected chi connectivity index (χ1v) is 7.19. The number of methoxy groups -OCH3 is 3. The van der Waals surface area contributed by atoms with Gasteiger partial charge in [-0.15, -0.1) is 0 Å². The summed E-state index contributed by atoms with van der Waals surface area (Å²) in [6.45, 7) is 4.19. The first-order chi connectivity index (χ1) is 9.69. The van der Waals surface area contributed by atoms with Crippen molar-refractivity contribution in [3.05, 3.63) is 17.7 Å². The lowest BCUT2D eigenvalue weighted by Gasteiger charge is -2.15. The Bertz CT molecular complexity index is 418. The second-order valence-electron chi connectivity index (χ2n) is 5.48. The number of ether oxygens (including phenoxy) is 3. The van der Waals surface area contributed by atoms with Crippen LogP contribution in [0, 0.1) is 11.8 Å². The number of hydrogen-bond acceptors (Lipinski definition) is 4. The minimum absolute atomic E-state index is 0.644. The Hall–Kier alpha value is -1.42. The molecule has 0 saturated heterocycles. The van der Waals surface area contributed by atoms with Crippen LogP contribution in [0.15, 0.2) is 12.1 Å². The minimum Gasteiger partial charge on any atom is -0.493 e. The van der Waals surface area contributed by atoms with E-state index in [1.54, 1.807) is 21.3 Å². The summed E-state index contributed by atoms with van der Waals surface area (Å²) in [5.74, 6) is 3.75. The highest BCUT2D eigenvalue weighted by Crippen LogP contribution is 2.38. The molecule has 1 aromatic carbocycles. The molecule has 1 N–H and O–H groups in total. The van der Waals surface area contributed by atoms with Crippen molar-refractivity contribution in [1.82, 2.24) is 5.32 Å². The lowest BCUT2D eigenvalue weighted by atomic mass is 10.1. The van der Waals surface area contributed by atoms with Crippen LogP contribution in [0.3, 0.4) is 0 Å². The second-order valence-corrected chi connectivity index (χ2v) is 5.48. The van der Waals surface area contributed by atoms with Crippen molar-refractivity contribution in [3.8, 4) is 17.2 Å². The van der Waals surface area contributed by atoms with Gasteiger partial charge < -0.3 is 19.5 Å². The van der Waals surface area contributed by atoms with Gasteiger partial charge in [0.2, 0.25) is 5.75 Å².